The minimum absolute atomic E-state index is 0.138. The van der Waals surface area contributed by atoms with Gasteiger partial charge in [0.05, 0.1) is 11.7 Å². The second-order valence-corrected chi connectivity index (χ2v) is 8.70. The normalized spacial score (nSPS) is 22.5. The van der Waals surface area contributed by atoms with E-state index in [4.69, 9.17) is 0 Å². The number of rotatable bonds is 7. The average molecular weight is 493 g/mol. The Morgan fingerprint density at radius 1 is 1.00 bits per heavy atom. The van der Waals surface area contributed by atoms with E-state index in [-0.39, 0.29) is 36.5 Å². The number of nitrogens with zero attached hydrogens (tertiary/aromatic N) is 2. The Bertz CT molecular complexity index is 1170. The van der Waals surface area contributed by atoms with Crippen molar-refractivity contribution in [3.8, 4) is 11.4 Å². The van der Waals surface area contributed by atoms with Crippen LogP contribution in [0.15, 0.2) is 54.7 Å². The summed E-state index contributed by atoms with van der Waals surface area (Å²) in [6.45, 7) is -0.0384. The van der Waals surface area contributed by atoms with Crippen LogP contribution in [-0.2, 0) is 19.1 Å². The van der Waals surface area contributed by atoms with Crippen LogP contribution < -0.4 is 5.32 Å². The maximum atomic E-state index is 13.5. The van der Waals surface area contributed by atoms with Crippen LogP contribution in [0, 0.1) is 23.5 Å². The van der Waals surface area contributed by atoms with Crippen molar-refractivity contribution in [2.24, 2.45) is 11.8 Å². The van der Waals surface area contributed by atoms with Gasteiger partial charge >= 0.3 is 6.18 Å². The van der Waals surface area contributed by atoms with Crippen LogP contribution in [0.2, 0.25) is 0 Å². The zero-order chi connectivity index (χ0) is 25.2. The van der Waals surface area contributed by atoms with Gasteiger partial charge in [0, 0.05) is 42.6 Å². The molecule has 4 atom stereocenters. The van der Waals surface area contributed by atoms with E-state index < -0.39 is 35.4 Å². The zero-order valence-electron chi connectivity index (χ0n) is 18.5. The SMILES string of the molecule is OCC1C(O)CC(NCc2ccc(F)c(F)c2)C1Cc1ccnc(-c2cccc(C(F)(F)F)c2)n1. The van der Waals surface area contributed by atoms with Crippen LogP contribution >= 0.6 is 0 Å². The first-order chi connectivity index (χ1) is 16.7. The summed E-state index contributed by atoms with van der Waals surface area (Å²) >= 11 is 0. The molecule has 0 aliphatic heterocycles. The molecule has 1 aliphatic rings. The lowest BCUT2D eigenvalue weighted by Gasteiger charge is -2.25. The van der Waals surface area contributed by atoms with E-state index in [1.807, 2.05) is 0 Å². The van der Waals surface area contributed by atoms with Crippen LogP contribution in [0.5, 0.6) is 0 Å². The molecule has 3 N–H and O–H groups in total. The van der Waals surface area contributed by atoms with E-state index in [0.717, 1.165) is 24.3 Å². The van der Waals surface area contributed by atoms with Crippen LogP contribution in [0.1, 0.15) is 23.2 Å². The molecule has 1 fully saturated rings. The van der Waals surface area contributed by atoms with Crippen molar-refractivity contribution >= 4 is 0 Å². The lowest BCUT2D eigenvalue weighted by Crippen LogP contribution is -2.36. The van der Waals surface area contributed by atoms with E-state index in [9.17, 15) is 32.2 Å². The second kappa shape index (κ2) is 10.3. The molecule has 1 heterocycles. The predicted octanol–water partition coefficient (Wildman–Crippen LogP) is 4.13. The van der Waals surface area contributed by atoms with Crippen LogP contribution in [0.4, 0.5) is 22.0 Å². The van der Waals surface area contributed by atoms with Gasteiger partial charge in [0.1, 0.15) is 0 Å². The highest BCUT2D eigenvalue weighted by molar-refractivity contribution is 5.56. The summed E-state index contributed by atoms with van der Waals surface area (Å²) < 4.78 is 66.0. The fourth-order valence-corrected chi connectivity index (χ4v) is 4.60. The minimum atomic E-state index is -4.49. The Morgan fingerprint density at radius 3 is 2.51 bits per heavy atom. The summed E-state index contributed by atoms with van der Waals surface area (Å²) in [5.41, 5.74) is 0.493. The first-order valence-corrected chi connectivity index (χ1v) is 11.1. The van der Waals surface area contributed by atoms with Gasteiger partial charge < -0.3 is 15.5 Å². The molecule has 0 amide bonds. The van der Waals surface area contributed by atoms with Gasteiger partial charge in [0.25, 0.3) is 0 Å². The van der Waals surface area contributed by atoms with Gasteiger partial charge in [-0.2, -0.15) is 13.2 Å². The average Bonchev–Trinajstić information content (AvgIpc) is 3.13. The molecule has 0 radical (unpaired) electrons. The number of aliphatic hydroxyl groups excluding tert-OH is 2. The van der Waals surface area contributed by atoms with E-state index in [1.54, 1.807) is 6.07 Å². The molecule has 186 valence electrons. The molecule has 4 unspecified atom stereocenters. The van der Waals surface area contributed by atoms with Crippen molar-refractivity contribution in [2.75, 3.05) is 6.61 Å². The highest BCUT2D eigenvalue weighted by atomic mass is 19.4. The van der Waals surface area contributed by atoms with Crippen LogP contribution in [0.25, 0.3) is 11.4 Å². The van der Waals surface area contributed by atoms with Gasteiger partial charge in [0.2, 0.25) is 0 Å². The van der Waals surface area contributed by atoms with Crippen molar-refractivity contribution in [3.05, 3.63) is 83.2 Å². The molecule has 1 aliphatic carbocycles. The molecule has 4 rings (SSSR count). The van der Waals surface area contributed by atoms with Gasteiger partial charge in [-0.25, -0.2) is 18.7 Å². The summed E-state index contributed by atoms with van der Waals surface area (Å²) in [4.78, 5) is 8.55. The van der Waals surface area contributed by atoms with E-state index in [1.165, 1.54) is 24.4 Å². The summed E-state index contributed by atoms with van der Waals surface area (Å²) in [6, 6.07) is 9.73. The van der Waals surface area contributed by atoms with E-state index in [0.29, 0.717) is 24.1 Å². The number of nitrogens with one attached hydrogen (secondary N) is 1. The first-order valence-electron chi connectivity index (χ1n) is 11.1. The highest BCUT2D eigenvalue weighted by Crippen LogP contribution is 2.35. The largest absolute Gasteiger partial charge is 0.416 e. The molecule has 1 saturated carbocycles. The second-order valence-electron chi connectivity index (χ2n) is 8.70. The summed E-state index contributed by atoms with van der Waals surface area (Å²) in [7, 11) is 0. The van der Waals surface area contributed by atoms with Crippen LogP contribution in [0.3, 0.4) is 0 Å². The van der Waals surface area contributed by atoms with Gasteiger partial charge in [-0.15, -0.1) is 0 Å². The molecule has 10 heteroatoms. The Hall–Kier alpha value is -2.95. The van der Waals surface area contributed by atoms with E-state index >= 15 is 0 Å². The Morgan fingerprint density at radius 2 is 1.80 bits per heavy atom. The quantitative estimate of drug-likeness (QED) is 0.432. The molecule has 3 aromatic rings. The number of hydrogen-bond donors (Lipinski definition) is 3. The molecular weight excluding hydrogens is 469 g/mol. The van der Waals surface area contributed by atoms with Gasteiger partial charge in [0.15, 0.2) is 17.5 Å². The minimum Gasteiger partial charge on any atom is -0.396 e. The van der Waals surface area contributed by atoms with Crippen LogP contribution in [-0.4, -0.2) is 38.9 Å². The molecule has 0 spiro atoms. The summed E-state index contributed by atoms with van der Waals surface area (Å²) in [6.07, 6.45) is -3.15. The molecule has 5 nitrogen and oxygen atoms in total. The number of alkyl halides is 3. The molecule has 35 heavy (non-hydrogen) atoms. The Balaban J connectivity index is 1.53. The lowest BCUT2D eigenvalue weighted by molar-refractivity contribution is -0.137. The number of hydrogen-bond acceptors (Lipinski definition) is 5. The van der Waals surface area contributed by atoms with Crippen molar-refractivity contribution in [1.82, 2.24) is 15.3 Å². The zero-order valence-corrected chi connectivity index (χ0v) is 18.5. The Kier molecular flexibility index (Phi) is 7.44. The molecule has 0 saturated heterocycles. The van der Waals surface area contributed by atoms with Gasteiger partial charge in [-0.3, -0.25) is 0 Å². The molecular formula is C25H24F5N3O2. The molecule has 0 bridgehead atoms. The van der Waals surface area contributed by atoms with Gasteiger partial charge in [-0.05, 0) is 54.7 Å². The predicted molar refractivity (Wildman–Crippen MR) is 118 cm³/mol. The Labute approximate surface area is 198 Å². The van der Waals surface area contributed by atoms with E-state index in [2.05, 4.69) is 15.3 Å². The first kappa shape index (κ1) is 25.2. The maximum absolute atomic E-state index is 13.5. The summed E-state index contributed by atoms with van der Waals surface area (Å²) in [5, 5.41) is 23.6. The number of halogens is 5. The van der Waals surface area contributed by atoms with Crippen molar-refractivity contribution in [3.63, 3.8) is 0 Å². The fourth-order valence-electron chi connectivity index (χ4n) is 4.60. The molecule has 2 aromatic carbocycles. The summed E-state index contributed by atoms with van der Waals surface area (Å²) in [5.74, 6) is -2.47. The molecule has 1 aromatic heterocycles. The van der Waals surface area contributed by atoms with Crippen molar-refractivity contribution < 1.29 is 32.2 Å². The van der Waals surface area contributed by atoms with Crippen molar-refractivity contribution in [2.45, 2.75) is 37.7 Å². The number of benzene rings is 2. The third-order valence-electron chi connectivity index (χ3n) is 6.43. The highest BCUT2D eigenvalue weighted by Gasteiger charge is 2.42. The number of aromatic nitrogens is 2. The fraction of sp³-hybridized carbons (Fsp3) is 0.360. The third-order valence-corrected chi connectivity index (χ3v) is 6.43. The maximum Gasteiger partial charge on any atom is 0.416 e. The third kappa shape index (κ3) is 5.83. The standard InChI is InChI=1S/C25H24F5N3O2/c26-20-5-4-14(8-21(20)27)12-32-22-11-23(35)19(13-34)18(22)10-17-6-7-31-24(33-17)15-2-1-3-16(9-15)25(28,29)30/h1-9,18-19,22-23,32,34-35H,10-13H2. The number of aliphatic hydroxyl groups is 2. The van der Waals surface area contributed by atoms with Crippen molar-refractivity contribution in [1.29, 1.82) is 0 Å². The lowest BCUT2D eigenvalue weighted by atomic mass is 9.88. The smallest absolute Gasteiger partial charge is 0.396 e. The van der Waals surface area contributed by atoms with Gasteiger partial charge in [-0.1, -0.05) is 18.2 Å². The monoisotopic (exact) mass is 493 g/mol. The topological polar surface area (TPSA) is 78.3 Å².